The van der Waals surface area contributed by atoms with Gasteiger partial charge in [0, 0.05) is 25.6 Å². The van der Waals surface area contributed by atoms with E-state index in [4.69, 9.17) is 5.11 Å². The first-order valence-corrected chi connectivity index (χ1v) is 6.34. The minimum atomic E-state index is -0.780. The molecule has 0 amide bonds. The predicted molar refractivity (Wildman–Crippen MR) is 71.8 cm³/mol. The van der Waals surface area contributed by atoms with Crippen molar-refractivity contribution in [3.05, 3.63) is 11.9 Å². The molecule has 0 aliphatic rings. The molecule has 1 rings (SSSR count). The van der Waals surface area contributed by atoms with Gasteiger partial charge in [-0.1, -0.05) is 13.8 Å². The highest BCUT2D eigenvalue weighted by atomic mass is 16.3. The molecule has 0 saturated carbocycles. The zero-order valence-electron chi connectivity index (χ0n) is 11.0. The summed E-state index contributed by atoms with van der Waals surface area (Å²) in [5.41, 5.74) is 0. The van der Waals surface area contributed by atoms with Gasteiger partial charge in [-0.05, 0) is 6.42 Å². The lowest BCUT2D eigenvalue weighted by atomic mass is 10.3. The van der Waals surface area contributed by atoms with Crippen LogP contribution in [0, 0.1) is 0 Å². The Balaban J connectivity index is 2.70. The van der Waals surface area contributed by atoms with E-state index < -0.39 is 6.10 Å². The van der Waals surface area contributed by atoms with Crippen molar-refractivity contribution in [1.82, 2.24) is 9.97 Å². The second kappa shape index (κ2) is 7.84. The van der Waals surface area contributed by atoms with Gasteiger partial charge in [0.1, 0.15) is 17.5 Å². The number of nitrogens with zero attached hydrogens (tertiary/aromatic N) is 2. The van der Waals surface area contributed by atoms with Crippen LogP contribution < -0.4 is 10.6 Å². The summed E-state index contributed by atoms with van der Waals surface area (Å²) >= 11 is 0. The van der Waals surface area contributed by atoms with Gasteiger partial charge in [-0.25, -0.2) is 9.97 Å². The lowest BCUT2D eigenvalue weighted by molar-refractivity contribution is 0.105. The fraction of sp³-hybridized carbons (Fsp3) is 0.667. The van der Waals surface area contributed by atoms with E-state index in [-0.39, 0.29) is 13.2 Å². The Morgan fingerprint density at radius 3 is 2.44 bits per heavy atom. The second-order valence-electron chi connectivity index (χ2n) is 4.05. The highest BCUT2D eigenvalue weighted by molar-refractivity contribution is 5.47. The molecule has 18 heavy (non-hydrogen) atoms. The van der Waals surface area contributed by atoms with E-state index in [9.17, 15) is 5.11 Å². The lowest BCUT2D eigenvalue weighted by Crippen LogP contribution is -2.23. The Kier molecular flexibility index (Phi) is 6.38. The van der Waals surface area contributed by atoms with Crippen LogP contribution >= 0.6 is 0 Å². The highest BCUT2D eigenvalue weighted by Crippen LogP contribution is 2.12. The van der Waals surface area contributed by atoms with Crippen molar-refractivity contribution in [2.24, 2.45) is 0 Å². The Bertz CT molecular complexity index is 360. The zero-order chi connectivity index (χ0) is 13.4. The first-order chi connectivity index (χ1) is 8.69. The average Bonchev–Trinajstić information content (AvgIpc) is 2.42. The van der Waals surface area contributed by atoms with Crippen molar-refractivity contribution >= 4 is 11.6 Å². The van der Waals surface area contributed by atoms with E-state index in [0.29, 0.717) is 5.82 Å². The van der Waals surface area contributed by atoms with Crippen molar-refractivity contribution in [1.29, 1.82) is 0 Å². The molecule has 4 N–H and O–H groups in total. The van der Waals surface area contributed by atoms with Gasteiger partial charge in [-0.2, -0.15) is 0 Å². The van der Waals surface area contributed by atoms with E-state index in [1.54, 1.807) is 6.07 Å². The van der Waals surface area contributed by atoms with Gasteiger partial charge in [0.05, 0.1) is 12.7 Å². The standard InChI is InChI=1S/C12H22N4O2/c1-3-5-13-11-6-12(14-7-9(18)8-17)16-10(4-2)15-11/h6,9,17-18H,3-5,7-8H2,1-2H3,(H2,13,14,15,16). The number of aryl methyl sites for hydroxylation is 1. The van der Waals surface area contributed by atoms with Crippen LogP contribution in [0.15, 0.2) is 6.07 Å². The number of aromatic nitrogens is 2. The van der Waals surface area contributed by atoms with Gasteiger partial charge in [0.15, 0.2) is 0 Å². The summed E-state index contributed by atoms with van der Waals surface area (Å²) in [6.45, 7) is 4.94. The van der Waals surface area contributed by atoms with Gasteiger partial charge in [0.2, 0.25) is 0 Å². The first kappa shape index (κ1) is 14.7. The maximum absolute atomic E-state index is 9.28. The summed E-state index contributed by atoms with van der Waals surface area (Å²) in [6, 6.07) is 1.80. The molecule has 1 aromatic heterocycles. The van der Waals surface area contributed by atoms with Crippen LogP contribution in [0.25, 0.3) is 0 Å². The summed E-state index contributed by atoms with van der Waals surface area (Å²) in [4.78, 5) is 8.67. The molecule has 0 aliphatic carbocycles. The third-order valence-electron chi connectivity index (χ3n) is 2.37. The van der Waals surface area contributed by atoms with Crippen molar-refractivity contribution in [3.63, 3.8) is 0 Å². The van der Waals surface area contributed by atoms with E-state index in [1.807, 2.05) is 6.92 Å². The van der Waals surface area contributed by atoms with Crippen LogP contribution in [0.3, 0.4) is 0 Å². The van der Waals surface area contributed by atoms with Crippen LogP contribution in [0.4, 0.5) is 11.6 Å². The first-order valence-electron chi connectivity index (χ1n) is 6.34. The molecule has 1 heterocycles. The second-order valence-corrected chi connectivity index (χ2v) is 4.05. The minimum absolute atomic E-state index is 0.264. The molecule has 0 aliphatic heterocycles. The number of aliphatic hydroxyl groups is 2. The molecule has 102 valence electrons. The summed E-state index contributed by atoms with van der Waals surface area (Å²) in [5.74, 6) is 2.19. The van der Waals surface area contributed by atoms with Gasteiger partial charge >= 0.3 is 0 Å². The van der Waals surface area contributed by atoms with Crippen LogP contribution in [0.1, 0.15) is 26.1 Å². The topological polar surface area (TPSA) is 90.3 Å². The smallest absolute Gasteiger partial charge is 0.132 e. The van der Waals surface area contributed by atoms with E-state index >= 15 is 0 Å². The Morgan fingerprint density at radius 1 is 1.22 bits per heavy atom. The fourth-order valence-corrected chi connectivity index (χ4v) is 1.38. The molecular formula is C12H22N4O2. The van der Waals surface area contributed by atoms with Crippen molar-refractivity contribution < 1.29 is 10.2 Å². The zero-order valence-corrected chi connectivity index (χ0v) is 11.0. The molecule has 0 fully saturated rings. The van der Waals surface area contributed by atoms with Gasteiger partial charge in [-0.15, -0.1) is 0 Å². The van der Waals surface area contributed by atoms with Crippen molar-refractivity contribution in [2.75, 3.05) is 30.3 Å². The van der Waals surface area contributed by atoms with Gasteiger partial charge in [0.25, 0.3) is 0 Å². The Labute approximate surface area is 107 Å². The van der Waals surface area contributed by atoms with Crippen molar-refractivity contribution in [3.8, 4) is 0 Å². The summed E-state index contributed by atoms with van der Waals surface area (Å²) in [5, 5.41) is 24.2. The molecular weight excluding hydrogens is 232 g/mol. The highest BCUT2D eigenvalue weighted by Gasteiger charge is 2.05. The number of rotatable bonds is 8. The number of hydrogen-bond donors (Lipinski definition) is 4. The largest absolute Gasteiger partial charge is 0.394 e. The van der Waals surface area contributed by atoms with E-state index in [1.165, 1.54) is 0 Å². The molecule has 0 aromatic carbocycles. The third-order valence-corrected chi connectivity index (χ3v) is 2.37. The van der Waals surface area contributed by atoms with Gasteiger partial charge < -0.3 is 20.8 Å². The monoisotopic (exact) mass is 254 g/mol. The quantitative estimate of drug-likeness (QED) is 0.544. The maximum atomic E-state index is 9.28. The number of anilines is 2. The summed E-state index contributed by atoms with van der Waals surface area (Å²) in [7, 11) is 0. The summed E-state index contributed by atoms with van der Waals surface area (Å²) in [6.07, 6.45) is 0.994. The normalized spacial score (nSPS) is 12.2. The lowest BCUT2D eigenvalue weighted by Gasteiger charge is -2.12. The summed E-state index contributed by atoms with van der Waals surface area (Å²) < 4.78 is 0. The molecule has 1 aromatic rings. The Morgan fingerprint density at radius 2 is 1.89 bits per heavy atom. The molecule has 0 radical (unpaired) electrons. The molecule has 0 bridgehead atoms. The minimum Gasteiger partial charge on any atom is -0.394 e. The fourth-order valence-electron chi connectivity index (χ4n) is 1.38. The Hall–Kier alpha value is -1.40. The maximum Gasteiger partial charge on any atom is 0.132 e. The van der Waals surface area contributed by atoms with Crippen molar-refractivity contribution in [2.45, 2.75) is 32.8 Å². The van der Waals surface area contributed by atoms with E-state index in [0.717, 1.165) is 31.0 Å². The molecule has 0 spiro atoms. The van der Waals surface area contributed by atoms with Crippen LogP contribution in [0.5, 0.6) is 0 Å². The SMILES string of the molecule is CCCNc1cc(NCC(O)CO)nc(CC)n1. The number of aliphatic hydroxyl groups excluding tert-OH is 2. The molecule has 1 unspecified atom stereocenters. The third kappa shape index (κ3) is 4.85. The van der Waals surface area contributed by atoms with Gasteiger partial charge in [-0.3, -0.25) is 0 Å². The molecule has 6 nitrogen and oxygen atoms in total. The van der Waals surface area contributed by atoms with Crippen LogP contribution in [-0.2, 0) is 6.42 Å². The molecule has 0 saturated heterocycles. The average molecular weight is 254 g/mol. The van der Waals surface area contributed by atoms with Crippen LogP contribution in [0.2, 0.25) is 0 Å². The molecule has 6 heteroatoms. The van der Waals surface area contributed by atoms with E-state index in [2.05, 4.69) is 27.5 Å². The van der Waals surface area contributed by atoms with Crippen LogP contribution in [-0.4, -0.2) is 46.0 Å². The molecule has 1 atom stereocenters. The number of nitrogens with one attached hydrogen (secondary N) is 2. The predicted octanol–water partition coefficient (Wildman–Crippen LogP) is 0.626. The number of hydrogen-bond acceptors (Lipinski definition) is 6.